The van der Waals surface area contributed by atoms with E-state index in [1.165, 1.54) is 23.1 Å². The summed E-state index contributed by atoms with van der Waals surface area (Å²) in [5.74, 6) is -1.99. The number of aliphatic imine (C=N–C) groups is 1. The number of carbonyl (C=O) groups is 4. The van der Waals surface area contributed by atoms with E-state index in [2.05, 4.69) is 20.6 Å². The average molecular weight is 551 g/mol. The number of hydrogen-bond donors (Lipinski definition) is 2. The molecule has 0 saturated carbocycles. The summed E-state index contributed by atoms with van der Waals surface area (Å²) in [6, 6.07) is -1.31. The Morgan fingerprint density at radius 2 is 2.08 bits per heavy atom. The molecule has 0 radical (unpaired) electrons. The highest BCUT2D eigenvalue weighted by molar-refractivity contribution is 8.14. The Hall–Kier alpha value is -2.73. The van der Waals surface area contributed by atoms with E-state index in [-0.39, 0.29) is 18.9 Å². The van der Waals surface area contributed by atoms with Crippen molar-refractivity contribution in [2.45, 2.75) is 90.1 Å². The second-order valence-electron chi connectivity index (χ2n) is 10.1. The van der Waals surface area contributed by atoms with Gasteiger partial charge in [-0.05, 0) is 40.2 Å². The molecule has 3 atom stereocenters. The second-order valence-corrected chi connectivity index (χ2v) is 12.0. The summed E-state index contributed by atoms with van der Waals surface area (Å²) in [4.78, 5) is 61.0. The summed E-state index contributed by atoms with van der Waals surface area (Å²) in [6.07, 6.45) is 3.71. The molecule has 3 rings (SSSR count). The second kappa shape index (κ2) is 12.2. The Kier molecular flexibility index (Phi) is 9.51. The Balaban J connectivity index is 1.93. The number of rotatable bonds is 5. The third-order valence-corrected chi connectivity index (χ3v) is 7.51. The Morgan fingerprint density at radius 3 is 2.78 bits per heavy atom. The van der Waals surface area contributed by atoms with Crippen molar-refractivity contribution in [1.29, 1.82) is 0 Å². The predicted molar refractivity (Wildman–Crippen MR) is 142 cm³/mol. The monoisotopic (exact) mass is 550 g/mol. The molecule has 2 amide bonds. The van der Waals surface area contributed by atoms with Crippen molar-refractivity contribution in [1.82, 2.24) is 15.6 Å². The van der Waals surface area contributed by atoms with Crippen molar-refractivity contribution < 1.29 is 28.7 Å². The molecular formula is C25H34N4O6S2. The highest BCUT2D eigenvalue weighted by Crippen LogP contribution is 2.32. The number of nitrogens with zero attached hydrogens (tertiary/aromatic N) is 2. The first-order valence-electron chi connectivity index (χ1n) is 12.2. The molecular weight excluding hydrogens is 516 g/mol. The SMILES string of the molecule is CCC/C=C/[C@@H]1CC(=O)NCc2nc(cs2)C2=N[C@@](C)(CS2)C(=O)N[C@@H](CC(=O)OC(C)(C)C)C(=O)O1. The van der Waals surface area contributed by atoms with Crippen molar-refractivity contribution in [2.24, 2.45) is 4.99 Å². The van der Waals surface area contributed by atoms with Crippen molar-refractivity contribution in [3.05, 3.63) is 28.2 Å². The van der Waals surface area contributed by atoms with Gasteiger partial charge in [0.25, 0.3) is 0 Å². The summed E-state index contributed by atoms with van der Waals surface area (Å²) < 4.78 is 11.0. The molecule has 0 aliphatic carbocycles. The number of thiazole rings is 1. The highest BCUT2D eigenvalue weighted by atomic mass is 32.2. The lowest BCUT2D eigenvalue weighted by Crippen LogP contribution is -2.52. The van der Waals surface area contributed by atoms with E-state index in [0.717, 1.165) is 12.8 Å². The summed E-state index contributed by atoms with van der Waals surface area (Å²) in [5.41, 5.74) is -1.30. The summed E-state index contributed by atoms with van der Waals surface area (Å²) in [5, 5.41) is 8.61. The van der Waals surface area contributed by atoms with E-state index in [1.54, 1.807) is 33.8 Å². The van der Waals surface area contributed by atoms with Crippen LogP contribution >= 0.6 is 23.1 Å². The highest BCUT2D eigenvalue weighted by Gasteiger charge is 2.42. The number of nitrogens with one attached hydrogen (secondary N) is 2. The molecule has 0 saturated heterocycles. The van der Waals surface area contributed by atoms with Gasteiger partial charge in [0.15, 0.2) is 0 Å². The normalized spacial score (nSPS) is 25.3. The van der Waals surface area contributed by atoms with E-state index in [9.17, 15) is 19.2 Å². The molecule has 0 aromatic carbocycles. The number of esters is 2. The first-order chi connectivity index (χ1) is 17.4. The van der Waals surface area contributed by atoms with E-state index >= 15 is 0 Å². The van der Waals surface area contributed by atoms with Crippen molar-refractivity contribution >= 4 is 51.9 Å². The van der Waals surface area contributed by atoms with Gasteiger partial charge in [0.05, 0.1) is 19.4 Å². The van der Waals surface area contributed by atoms with E-state index in [1.807, 2.05) is 18.4 Å². The third kappa shape index (κ3) is 8.39. The average Bonchev–Trinajstić information content (AvgIpc) is 3.43. The maximum atomic E-state index is 13.3. The number of allylic oxidation sites excluding steroid dienone is 1. The van der Waals surface area contributed by atoms with Crippen molar-refractivity contribution in [3.63, 3.8) is 0 Å². The molecule has 2 aliphatic rings. The zero-order valence-electron chi connectivity index (χ0n) is 21.8. The molecule has 2 aliphatic heterocycles. The van der Waals surface area contributed by atoms with Crippen LogP contribution in [-0.2, 0) is 35.2 Å². The molecule has 3 heterocycles. The van der Waals surface area contributed by atoms with Gasteiger partial charge in [-0.25, -0.2) is 9.78 Å². The minimum atomic E-state index is -1.31. The van der Waals surface area contributed by atoms with Crippen LogP contribution in [0.1, 0.15) is 71.0 Å². The lowest BCUT2D eigenvalue weighted by molar-refractivity contribution is -0.162. The van der Waals surface area contributed by atoms with Gasteiger partial charge in [-0.3, -0.25) is 19.4 Å². The molecule has 37 heavy (non-hydrogen) atoms. The number of unbranched alkanes of at least 4 members (excludes halogenated alkanes) is 1. The molecule has 4 bridgehead atoms. The van der Waals surface area contributed by atoms with Gasteiger partial charge in [0.2, 0.25) is 11.8 Å². The number of hydrogen-bond acceptors (Lipinski definition) is 10. The van der Waals surface area contributed by atoms with Crippen LogP contribution in [0.3, 0.4) is 0 Å². The molecule has 12 heteroatoms. The molecule has 2 N–H and O–H groups in total. The lowest BCUT2D eigenvalue weighted by atomic mass is 10.0. The van der Waals surface area contributed by atoms with Crippen LogP contribution in [0, 0.1) is 0 Å². The standard InChI is InChI=1S/C25H34N4O6S2/c1-6-7-8-9-15-10-18(30)26-12-19-27-17(13-36-19)21-29-25(5,14-37-21)23(33)28-16(22(32)34-15)11-20(31)35-24(2,3)4/h8-9,13,15-16H,6-7,10-12,14H2,1-5H3,(H,26,30)(H,28,33)/b9-8+/t15-,16+,25+/m1/s1. The molecule has 202 valence electrons. The smallest absolute Gasteiger partial charge is 0.329 e. The van der Waals surface area contributed by atoms with Gasteiger partial charge in [-0.1, -0.05) is 19.4 Å². The quantitative estimate of drug-likeness (QED) is 0.422. The molecule has 1 aromatic rings. The molecule has 0 unspecified atom stereocenters. The first-order valence-corrected chi connectivity index (χ1v) is 14.1. The number of amides is 2. The summed E-state index contributed by atoms with van der Waals surface area (Å²) >= 11 is 2.77. The summed E-state index contributed by atoms with van der Waals surface area (Å²) in [7, 11) is 0. The number of carbonyl (C=O) groups excluding carboxylic acids is 4. The number of thioether (sulfide) groups is 1. The number of cyclic esters (lactones) is 1. The zero-order chi connectivity index (χ0) is 27.2. The van der Waals surface area contributed by atoms with Crippen LogP contribution < -0.4 is 10.6 Å². The third-order valence-electron chi connectivity index (χ3n) is 5.38. The largest absolute Gasteiger partial charge is 0.460 e. The first kappa shape index (κ1) is 28.8. The van der Waals surface area contributed by atoms with Gasteiger partial charge in [-0.15, -0.1) is 23.1 Å². The van der Waals surface area contributed by atoms with Gasteiger partial charge < -0.3 is 20.1 Å². The van der Waals surface area contributed by atoms with Crippen LogP contribution in [0.2, 0.25) is 0 Å². The van der Waals surface area contributed by atoms with Crippen LogP contribution in [0.15, 0.2) is 22.5 Å². The number of aromatic nitrogens is 1. The van der Waals surface area contributed by atoms with Gasteiger partial charge >= 0.3 is 11.9 Å². The van der Waals surface area contributed by atoms with Crippen molar-refractivity contribution in [2.75, 3.05) is 5.75 Å². The van der Waals surface area contributed by atoms with Gasteiger partial charge in [0.1, 0.15) is 39.0 Å². The molecule has 0 fully saturated rings. The Bertz CT molecular complexity index is 1090. The van der Waals surface area contributed by atoms with Crippen LogP contribution in [0.25, 0.3) is 0 Å². The molecule has 10 nitrogen and oxygen atoms in total. The minimum absolute atomic E-state index is 0.114. The molecule has 1 aromatic heterocycles. The van der Waals surface area contributed by atoms with Crippen LogP contribution in [-0.4, -0.2) is 62.8 Å². The summed E-state index contributed by atoms with van der Waals surface area (Å²) in [6.45, 7) is 9.04. The van der Waals surface area contributed by atoms with E-state index in [4.69, 9.17) is 9.47 Å². The fourth-order valence-electron chi connectivity index (χ4n) is 3.52. The zero-order valence-corrected chi connectivity index (χ0v) is 23.4. The van der Waals surface area contributed by atoms with Gasteiger partial charge in [0, 0.05) is 11.1 Å². The maximum absolute atomic E-state index is 13.3. The fraction of sp³-hybridized carbons (Fsp3) is 0.600. The van der Waals surface area contributed by atoms with E-state index < -0.39 is 47.6 Å². The van der Waals surface area contributed by atoms with Crippen LogP contribution in [0.5, 0.6) is 0 Å². The topological polar surface area (TPSA) is 136 Å². The lowest BCUT2D eigenvalue weighted by Gasteiger charge is -2.26. The fourth-order valence-corrected chi connectivity index (χ4v) is 5.44. The van der Waals surface area contributed by atoms with Crippen LogP contribution in [0.4, 0.5) is 0 Å². The number of fused-ring (bicyclic) bond motifs is 4. The van der Waals surface area contributed by atoms with Gasteiger partial charge in [-0.2, -0.15) is 0 Å². The Morgan fingerprint density at radius 1 is 1.32 bits per heavy atom. The van der Waals surface area contributed by atoms with E-state index in [0.29, 0.717) is 21.5 Å². The minimum Gasteiger partial charge on any atom is -0.460 e. The molecule has 0 spiro atoms. The predicted octanol–water partition coefficient (Wildman–Crippen LogP) is 2.90. The maximum Gasteiger partial charge on any atom is 0.329 e. The Labute approximate surface area is 225 Å². The van der Waals surface area contributed by atoms with Crippen molar-refractivity contribution in [3.8, 4) is 0 Å². The number of ether oxygens (including phenoxy) is 2.